The molecule has 0 unspecified atom stereocenters. The van der Waals surface area contributed by atoms with E-state index >= 15 is 0 Å². The molecule has 8 atom stereocenters. The minimum absolute atomic E-state index is 0.0753. The second-order valence-electron chi connectivity index (χ2n) is 22.6. The Balaban J connectivity index is 1.59. The molecular weight excluding hydrogens is 1030 g/mol. The number of hydrogen-bond acceptors (Lipinski definition) is 16. The van der Waals surface area contributed by atoms with E-state index in [4.69, 9.17) is 27.8 Å². The molecule has 0 aliphatic carbocycles. The van der Waals surface area contributed by atoms with Crippen LogP contribution in [0.4, 0.5) is 0 Å². The van der Waals surface area contributed by atoms with Crippen LogP contribution in [0.15, 0.2) is 82.3 Å². The molecule has 20 nitrogen and oxygen atoms in total. The van der Waals surface area contributed by atoms with Gasteiger partial charge in [-0.3, -0.25) is 19.2 Å². The van der Waals surface area contributed by atoms with Crippen LogP contribution in [0, 0.1) is 23.7 Å². The number of nitrogens with zero attached hydrogens (tertiary/aromatic N) is 6. The summed E-state index contributed by atoms with van der Waals surface area (Å²) in [6, 6.07) is 9.22. The summed E-state index contributed by atoms with van der Waals surface area (Å²) >= 11 is 0. The number of ether oxygens (including phenoxy) is 4. The summed E-state index contributed by atoms with van der Waals surface area (Å²) < 4.78 is 35.0. The number of carbonyl (C=O) groups excluding carboxylic acids is 8. The number of hydrogen-bond donors (Lipinski definition) is 0. The van der Waals surface area contributed by atoms with Crippen LogP contribution in [0.5, 0.6) is 0 Å². The van der Waals surface area contributed by atoms with Gasteiger partial charge in [0.1, 0.15) is 36.7 Å². The lowest BCUT2D eigenvalue weighted by molar-refractivity contribution is -0.176. The fourth-order valence-electron chi connectivity index (χ4n) is 9.53. The van der Waals surface area contributed by atoms with Crippen LogP contribution in [-0.2, 0) is 83.0 Å². The Morgan fingerprint density at radius 2 is 0.662 bits per heavy atom. The predicted molar refractivity (Wildman–Crippen MR) is 294 cm³/mol. The fourth-order valence-corrected chi connectivity index (χ4v) is 9.53. The van der Waals surface area contributed by atoms with Gasteiger partial charge in [0, 0.05) is 53.9 Å². The molecule has 2 aromatic carbocycles. The van der Waals surface area contributed by atoms with Gasteiger partial charge < -0.3 is 47.4 Å². The average molecular weight is 1110 g/mol. The molecule has 1 saturated heterocycles. The summed E-state index contributed by atoms with van der Waals surface area (Å²) in [5.41, 5.74) is 2.90. The van der Waals surface area contributed by atoms with Crippen LogP contribution < -0.4 is 0 Å². The van der Waals surface area contributed by atoms with Gasteiger partial charge in [-0.2, -0.15) is 0 Å². The Morgan fingerprint density at radius 1 is 0.400 bits per heavy atom. The van der Waals surface area contributed by atoms with Gasteiger partial charge in [-0.15, -0.1) is 0 Å². The monoisotopic (exact) mass is 1110 g/mol. The molecule has 5 rings (SSSR count). The third-order valence-electron chi connectivity index (χ3n) is 14.0. The van der Waals surface area contributed by atoms with Crippen molar-refractivity contribution in [2.24, 2.45) is 23.7 Å². The van der Waals surface area contributed by atoms with E-state index in [9.17, 15) is 38.4 Å². The molecule has 0 radical (unpaired) electrons. The highest BCUT2D eigenvalue weighted by Gasteiger charge is 2.43. The molecule has 3 heterocycles. The van der Waals surface area contributed by atoms with Crippen LogP contribution in [0.2, 0.25) is 0 Å². The van der Waals surface area contributed by atoms with Crippen LogP contribution in [0.1, 0.15) is 129 Å². The Labute approximate surface area is 470 Å². The first-order valence-electron chi connectivity index (χ1n) is 27.5. The first-order chi connectivity index (χ1) is 37.7. The molecule has 0 spiro atoms. The van der Waals surface area contributed by atoms with Gasteiger partial charge in [-0.1, -0.05) is 104 Å². The smallest absolute Gasteiger partial charge is 0.329 e. The minimum Gasteiger partial charge on any atom is -0.451 e. The van der Waals surface area contributed by atoms with Crippen molar-refractivity contribution in [3.63, 3.8) is 0 Å². The zero-order chi connectivity index (χ0) is 59.1. The molecule has 4 aromatic rings. The third kappa shape index (κ3) is 17.8. The maximum absolute atomic E-state index is 15.0. The Morgan fingerprint density at radius 3 is 0.925 bits per heavy atom. The molecule has 0 saturated carbocycles. The van der Waals surface area contributed by atoms with E-state index in [1.165, 1.54) is 54.6 Å². The first kappa shape index (κ1) is 63.5. The zero-order valence-corrected chi connectivity index (χ0v) is 48.9. The van der Waals surface area contributed by atoms with Crippen molar-refractivity contribution in [1.29, 1.82) is 0 Å². The van der Waals surface area contributed by atoms with E-state index in [0.717, 1.165) is 30.7 Å². The van der Waals surface area contributed by atoms with E-state index in [1.54, 1.807) is 36.7 Å². The number of likely N-dealkylation sites (N-methyl/N-ethyl adjacent to an activating group) is 4. The highest BCUT2D eigenvalue weighted by Crippen LogP contribution is 2.25. The molecule has 4 amide bonds. The maximum Gasteiger partial charge on any atom is 0.329 e. The Hall–Kier alpha value is -7.38. The summed E-state index contributed by atoms with van der Waals surface area (Å²) in [6.45, 7) is 17.5. The number of oxazole rings is 2. The van der Waals surface area contributed by atoms with Crippen LogP contribution in [0.25, 0.3) is 0 Å². The van der Waals surface area contributed by atoms with Gasteiger partial charge in [0.15, 0.2) is 36.2 Å². The second kappa shape index (κ2) is 29.2. The maximum atomic E-state index is 15.0. The van der Waals surface area contributed by atoms with Crippen LogP contribution in [-0.4, -0.2) is 154 Å². The van der Waals surface area contributed by atoms with E-state index in [-0.39, 0.29) is 62.2 Å². The van der Waals surface area contributed by atoms with Crippen molar-refractivity contribution in [3.8, 4) is 0 Å². The summed E-state index contributed by atoms with van der Waals surface area (Å²) in [5, 5.41) is 0. The van der Waals surface area contributed by atoms with Crippen molar-refractivity contribution < 1.29 is 66.1 Å². The molecule has 20 heteroatoms. The molecule has 1 fully saturated rings. The topological polar surface area (TPSA) is 238 Å². The first-order valence-corrected chi connectivity index (χ1v) is 27.5. The largest absolute Gasteiger partial charge is 0.451 e. The van der Waals surface area contributed by atoms with Gasteiger partial charge in [-0.05, 0) is 85.5 Å². The van der Waals surface area contributed by atoms with Gasteiger partial charge in [0.05, 0.1) is 12.4 Å². The van der Waals surface area contributed by atoms with Crippen molar-refractivity contribution in [2.45, 2.75) is 169 Å². The van der Waals surface area contributed by atoms with Crippen LogP contribution >= 0.6 is 0 Å². The average Bonchev–Trinajstić information content (AvgIpc) is 4.14. The van der Waals surface area contributed by atoms with E-state index in [2.05, 4.69) is 9.97 Å². The number of rotatable bonds is 16. The third-order valence-corrected chi connectivity index (χ3v) is 14.0. The predicted octanol–water partition coefficient (Wildman–Crippen LogP) is 6.82. The minimum atomic E-state index is -1.54. The number of esters is 4. The van der Waals surface area contributed by atoms with Crippen molar-refractivity contribution in [3.05, 3.63) is 107 Å². The molecule has 0 bridgehead atoms. The molecule has 1 aliphatic rings. The van der Waals surface area contributed by atoms with E-state index in [1.807, 2.05) is 79.7 Å². The lowest BCUT2D eigenvalue weighted by Crippen LogP contribution is -2.55. The summed E-state index contributed by atoms with van der Waals surface area (Å²) in [4.78, 5) is 130. The van der Waals surface area contributed by atoms with Gasteiger partial charge in [0.25, 0.3) is 23.6 Å². The summed E-state index contributed by atoms with van der Waals surface area (Å²) in [7, 11) is 5.53. The lowest BCUT2D eigenvalue weighted by atomic mass is 9.99. The number of amides is 4. The summed E-state index contributed by atoms with van der Waals surface area (Å²) in [5.74, 6) is -6.53. The second-order valence-corrected chi connectivity index (χ2v) is 22.6. The standard InChI is InChI=1S/C60H82N6O14/c1-35(2)27-45-57(71)77-39(9)53(67)63(11)48(30-38(7)8)60(74)80-50(32-42-17-21-44(22-18-42)34-52-62-24-26-76-52)56(70)66(14)46(28-36(3)4)58(72)78-40(10)54(68)64(12)47(29-37(5)6)59(73)79-49(55(69)65(45)13)31-41-15-19-43(20-16-41)33-51-61-23-25-75-51/h15-26,35-40,45-50H,27-34H2,1-14H3/t39-,40-,45+,46+,47+,48+,49-,50-/m1/s1. The molecule has 80 heavy (non-hydrogen) atoms. The van der Waals surface area contributed by atoms with Crippen molar-refractivity contribution in [2.75, 3.05) is 28.2 Å². The molecule has 2 aromatic heterocycles. The summed E-state index contributed by atoms with van der Waals surface area (Å²) in [6.07, 6.45) is 0.773. The van der Waals surface area contributed by atoms with Gasteiger partial charge >= 0.3 is 23.9 Å². The van der Waals surface area contributed by atoms with E-state index in [0.29, 0.717) is 35.7 Å². The molecule has 0 N–H and O–H groups in total. The SMILES string of the molecule is CC(C)C[C@H]1C(=O)O[C@H](Cc2ccc(Cc3ncco3)cc2)C(=O)N(C)[C@@H](CC(C)C)C(=O)O[C@H](C)C(=O)N(C)[C@@H](CC(C)C)C(=O)O[C@H](Cc2ccc(Cc3ncco3)cc2)C(=O)N(C)[C@@H](CC(C)C)C(=O)O[C@H](C)C(=O)N1C. The molecule has 436 valence electrons. The quantitative estimate of drug-likeness (QED) is 0.0826. The zero-order valence-electron chi connectivity index (χ0n) is 48.9. The Bertz CT molecular complexity index is 2490. The highest BCUT2D eigenvalue weighted by atomic mass is 16.6. The van der Waals surface area contributed by atoms with Crippen LogP contribution in [0.3, 0.4) is 0 Å². The molecule has 1 aliphatic heterocycles. The molecular formula is C60H82N6O14. The lowest BCUT2D eigenvalue weighted by Gasteiger charge is -2.35. The fraction of sp³-hybridized carbons (Fsp3) is 0.567. The number of benzene rings is 2. The Kier molecular flexibility index (Phi) is 23.2. The van der Waals surface area contributed by atoms with Gasteiger partial charge in [0.2, 0.25) is 0 Å². The van der Waals surface area contributed by atoms with Crippen molar-refractivity contribution in [1.82, 2.24) is 29.6 Å². The number of aromatic nitrogens is 2. The number of cyclic esters (lactones) is 4. The highest BCUT2D eigenvalue weighted by molar-refractivity contribution is 5.94. The van der Waals surface area contributed by atoms with Gasteiger partial charge in [-0.25, -0.2) is 29.1 Å². The normalized spacial score (nSPS) is 23.2. The van der Waals surface area contributed by atoms with Crippen molar-refractivity contribution >= 4 is 47.5 Å². The number of carbonyl (C=O) groups is 8. The van der Waals surface area contributed by atoms with E-state index < -0.39 is 96.1 Å².